The van der Waals surface area contributed by atoms with Gasteiger partial charge in [0.1, 0.15) is 0 Å². The van der Waals surface area contributed by atoms with Crippen LogP contribution in [0, 0.1) is 19.8 Å². The molecule has 184 valence electrons. The van der Waals surface area contributed by atoms with Gasteiger partial charge in [-0.25, -0.2) is 0 Å². The molecule has 0 aromatic heterocycles. The third-order valence-electron chi connectivity index (χ3n) is 6.45. The molecule has 2 amide bonds. The lowest BCUT2D eigenvalue weighted by molar-refractivity contribution is -0.124. The van der Waals surface area contributed by atoms with E-state index in [-0.39, 0.29) is 17.9 Å². The third-order valence-corrected chi connectivity index (χ3v) is 6.45. The SMILES string of the molecule is Cc1cccc(C)c1NC(=O)CN1CCN(CC(=O)NC(C)c2ccc(CC(C)C)cc2)CC1. The Hall–Kier alpha value is -2.70. The van der Waals surface area contributed by atoms with Crippen LogP contribution in [0.15, 0.2) is 42.5 Å². The van der Waals surface area contributed by atoms with Crippen LogP contribution in [0.2, 0.25) is 0 Å². The minimum Gasteiger partial charge on any atom is -0.348 e. The number of piperazine rings is 1. The summed E-state index contributed by atoms with van der Waals surface area (Å²) in [6, 6.07) is 14.6. The maximum absolute atomic E-state index is 12.6. The van der Waals surface area contributed by atoms with Gasteiger partial charge in [-0.2, -0.15) is 0 Å². The summed E-state index contributed by atoms with van der Waals surface area (Å²) in [4.78, 5) is 29.5. The molecule has 1 heterocycles. The molecule has 1 fully saturated rings. The lowest BCUT2D eigenvalue weighted by atomic mass is 10.00. The van der Waals surface area contributed by atoms with Crippen molar-refractivity contribution >= 4 is 17.5 Å². The van der Waals surface area contributed by atoms with Gasteiger partial charge < -0.3 is 10.6 Å². The number of anilines is 1. The van der Waals surface area contributed by atoms with Gasteiger partial charge in [0, 0.05) is 31.9 Å². The largest absolute Gasteiger partial charge is 0.348 e. The summed E-state index contributed by atoms with van der Waals surface area (Å²) in [5, 5.41) is 6.19. The number of carbonyl (C=O) groups is 2. The molecule has 1 aliphatic rings. The molecule has 2 aromatic carbocycles. The highest BCUT2D eigenvalue weighted by molar-refractivity contribution is 5.93. The maximum atomic E-state index is 12.6. The van der Waals surface area contributed by atoms with Crippen LogP contribution in [-0.4, -0.2) is 60.9 Å². The van der Waals surface area contributed by atoms with Gasteiger partial charge in [-0.15, -0.1) is 0 Å². The molecule has 0 spiro atoms. The van der Waals surface area contributed by atoms with Crippen LogP contribution in [0.25, 0.3) is 0 Å². The summed E-state index contributed by atoms with van der Waals surface area (Å²) in [5.41, 5.74) is 5.51. The number of nitrogens with zero attached hydrogens (tertiary/aromatic N) is 2. The predicted molar refractivity (Wildman–Crippen MR) is 139 cm³/mol. The van der Waals surface area contributed by atoms with Crippen LogP contribution < -0.4 is 10.6 Å². The number of hydrogen-bond acceptors (Lipinski definition) is 4. The first-order valence-corrected chi connectivity index (χ1v) is 12.4. The number of rotatable bonds is 9. The standard InChI is InChI=1S/C28H40N4O2/c1-20(2)17-24-9-11-25(12-10-24)23(5)29-26(33)18-31-13-15-32(16-14-31)19-27(34)30-28-21(3)7-6-8-22(28)4/h6-12,20,23H,13-19H2,1-5H3,(H,29,33)(H,30,34). The molecule has 0 aliphatic carbocycles. The number of carbonyl (C=O) groups excluding carboxylic acids is 2. The van der Waals surface area contributed by atoms with Crippen molar-refractivity contribution in [2.75, 3.05) is 44.6 Å². The molecule has 1 atom stereocenters. The van der Waals surface area contributed by atoms with Crippen molar-refractivity contribution in [2.45, 2.75) is 47.1 Å². The third kappa shape index (κ3) is 7.67. The van der Waals surface area contributed by atoms with E-state index in [1.807, 2.05) is 39.0 Å². The van der Waals surface area contributed by atoms with Crippen molar-refractivity contribution in [1.82, 2.24) is 15.1 Å². The zero-order valence-corrected chi connectivity index (χ0v) is 21.4. The van der Waals surface area contributed by atoms with Gasteiger partial charge in [-0.05, 0) is 55.4 Å². The zero-order valence-electron chi connectivity index (χ0n) is 21.4. The summed E-state index contributed by atoms with van der Waals surface area (Å²) in [6.07, 6.45) is 1.07. The summed E-state index contributed by atoms with van der Waals surface area (Å²) in [6.45, 7) is 14.4. The Bertz CT molecular complexity index is 943. The fourth-order valence-electron chi connectivity index (χ4n) is 4.49. The Kier molecular flexibility index (Phi) is 9.25. The lowest BCUT2D eigenvalue weighted by Crippen LogP contribution is -2.51. The normalized spacial score (nSPS) is 15.8. The van der Waals surface area contributed by atoms with Crippen molar-refractivity contribution in [3.05, 3.63) is 64.7 Å². The van der Waals surface area contributed by atoms with E-state index >= 15 is 0 Å². The molecular weight excluding hydrogens is 424 g/mol. The predicted octanol–water partition coefficient (Wildman–Crippen LogP) is 3.94. The molecule has 1 aliphatic heterocycles. The molecule has 34 heavy (non-hydrogen) atoms. The second kappa shape index (κ2) is 12.1. The first-order chi connectivity index (χ1) is 16.2. The molecule has 0 radical (unpaired) electrons. The average Bonchev–Trinajstić information content (AvgIpc) is 2.78. The highest BCUT2D eigenvalue weighted by atomic mass is 16.2. The van der Waals surface area contributed by atoms with E-state index in [1.54, 1.807) is 0 Å². The smallest absolute Gasteiger partial charge is 0.238 e. The van der Waals surface area contributed by atoms with Gasteiger partial charge in [-0.3, -0.25) is 19.4 Å². The van der Waals surface area contributed by atoms with Crippen molar-refractivity contribution in [2.24, 2.45) is 5.92 Å². The monoisotopic (exact) mass is 464 g/mol. The molecule has 2 N–H and O–H groups in total. The molecule has 6 nitrogen and oxygen atoms in total. The lowest BCUT2D eigenvalue weighted by Gasteiger charge is -2.34. The van der Waals surface area contributed by atoms with Gasteiger partial charge in [0.2, 0.25) is 11.8 Å². The van der Waals surface area contributed by atoms with Crippen LogP contribution in [0.3, 0.4) is 0 Å². The van der Waals surface area contributed by atoms with Gasteiger partial charge in [0.25, 0.3) is 0 Å². The summed E-state index contributed by atoms with van der Waals surface area (Å²) in [7, 11) is 0. The van der Waals surface area contributed by atoms with Crippen molar-refractivity contribution in [3.8, 4) is 0 Å². The number of amides is 2. The van der Waals surface area contributed by atoms with E-state index in [4.69, 9.17) is 0 Å². The van der Waals surface area contributed by atoms with Gasteiger partial charge >= 0.3 is 0 Å². The molecule has 2 aromatic rings. The second-order valence-electron chi connectivity index (χ2n) is 10.00. The minimum absolute atomic E-state index is 0.0110. The Morgan fingerprint density at radius 1 is 0.824 bits per heavy atom. The Morgan fingerprint density at radius 3 is 1.88 bits per heavy atom. The van der Waals surface area contributed by atoms with Crippen LogP contribution in [0.1, 0.15) is 49.1 Å². The van der Waals surface area contributed by atoms with Gasteiger partial charge in [-0.1, -0.05) is 56.3 Å². The quantitative estimate of drug-likeness (QED) is 0.590. The van der Waals surface area contributed by atoms with Crippen LogP contribution in [-0.2, 0) is 16.0 Å². The summed E-state index contributed by atoms with van der Waals surface area (Å²) in [5.74, 6) is 0.687. The zero-order chi connectivity index (χ0) is 24.7. The second-order valence-corrected chi connectivity index (χ2v) is 10.00. The number of aryl methyl sites for hydroxylation is 2. The van der Waals surface area contributed by atoms with Gasteiger partial charge in [0.05, 0.1) is 19.1 Å². The van der Waals surface area contributed by atoms with Crippen molar-refractivity contribution in [3.63, 3.8) is 0 Å². The van der Waals surface area contributed by atoms with E-state index in [9.17, 15) is 9.59 Å². The van der Waals surface area contributed by atoms with Crippen molar-refractivity contribution < 1.29 is 9.59 Å². The van der Waals surface area contributed by atoms with Crippen LogP contribution in [0.5, 0.6) is 0 Å². The first kappa shape index (κ1) is 25.9. The number of hydrogen-bond donors (Lipinski definition) is 2. The Morgan fingerprint density at radius 2 is 1.35 bits per heavy atom. The molecule has 1 unspecified atom stereocenters. The molecule has 0 bridgehead atoms. The van der Waals surface area contributed by atoms with E-state index in [0.717, 1.165) is 55.0 Å². The highest BCUT2D eigenvalue weighted by Crippen LogP contribution is 2.19. The topological polar surface area (TPSA) is 64.7 Å². The molecule has 3 rings (SSSR count). The van der Waals surface area contributed by atoms with Crippen molar-refractivity contribution in [1.29, 1.82) is 0 Å². The van der Waals surface area contributed by atoms with Crippen LogP contribution in [0.4, 0.5) is 5.69 Å². The number of benzene rings is 2. The molecule has 1 saturated heterocycles. The fourth-order valence-corrected chi connectivity index (χ4v) is 4.49. The van der Waals surface area contributed by atoms with E-state index in [1.165, 1.54) is 5.56 Å². The summed E-state index contributed by atoms with van der Waals surface area (Å²) >= 11 is 0. The first-order valence-electron chi connectivity index (χ1n) is 12.4. The molecule has 0 saturated carbocycles. The minimum atomic E-state index is -0.0181. The maximum Gasteiger partial charge on any atom is 0.238 e. The molecule has 6 heteroatoms. The molecular formula is C28H40N4O2. The highest BCUT2D eigenvalue weighted by Gasteiger charge is 2.21. The van der Waals surface area contributed by atoms with E-state index in [0.29, 0.717) is 19.0 Å². The average molecular weight is 465 g/mol. The Labute approximate surface area is 204 Å². The number of para-hydroxylation sites is 1. The van der Waals surface area contributed by atoms with Crippen LogP contribution >= 0.6 is 0 Å². The summed E-state index contributed by atoms with van der Waals surface area (Å²) < 4.78 is 0. The number of nitrogens with one attached hydrogen (secondary N) is 2. The Balaban J connectivity index is 1.39. The van der Waals surface area contributed by atoms with E-state index in [2.05, 4.69) is 58.5 Å². The van der Waals surface area contributed by atoms with E-state index < -0.39 is 0 Å². The van der Waals surface area contributed by atoms with Gasteiger partial charge in [0.15, 0.2) is 0 Å². The fraction of sp³-hybridized carbons (Fsp3) is 0.500.